The maximum Gasteiger partial charge on any atom is 0.165 e. The molecule has 266 valence electrons. The highest BCUT2D eigenvalue weighted by Gasteiger charge is 2.11. The molecule has 2 nitrogen and oxygen atoms in total. The van der Waals surface area contributed by atoms with Crippen LogP contribution in [0, 0.1) is 11.6 Å². The Hall–Kier alpha value is -4.18. The summed E-state index contributed by atoms with van der Waals surface area (Å²) in [6.07, 6.45) is 24.3. The number of benzene rings is 4. The third-order valence-electron chi connectivity index (χ3n) is 9.13. The predicted octanol–water partition coefficient (Wildman–Crippen LogP) is 14.3. The van der Waals surface area contributed by atoms with Crippen LogP contribution in [0.25, 0.3) is 34.4 Å². The molecule has 50 heavy (non-hydrogen) atoms. The predicted molar refractivity (Wildman–Crippen MR) is 209 cm³/mol. The summed E-state index contributed by atoms with van der Waals surface area (Å²) in [5.41, 5.74) is 4.68. The molecule has 0 N–H and O–H groups in total. The lowest BCUT2D eigenvalue weighted by atomic mass is 9.98. The molecule has 0 atom stereocenters. The maximum absolute atomic E-state index is 15.3. The molecular weight excluding hydrogens is 623 g/mol. The third-order valence-corrected chi connectivity index (χ3v) is 9.13. The number of rotatable bonds is 24. The van der Waals surface area contributed by atoms with Crippen molar-refractivity contribution in [3.8, 4) is 33.8 Å². The zero-order valence-corrected chi connectivity index (χ0v) is 30.1. The highest BCUT2D eigenvalue weighted by Crippen LogP contribution is 2.31. The van der Waals surface area contributed by atoms with E-state index in [4.69, 9.17) is 9.47 Å². The van der Waals surface area contributed by atoms with Crippen LogP contribution < -0.4 is 9.47 Å². The molecule has 0 bridgehead atoms. The van der Waals surface area contributed by atoms with Gasteiger partial charge in [-0.2, -0.15) is 0 Å². The molecule has 0 aliphatic carbocycles. The molecule has 0 amide bonds. The number of unbranched alkanes of at least 4 members (excludes halogenated alkanes) is 13. The van der Waals surface area contributed by atoms with Gasteiger partial charge in [0.1, 0.15) is 11.6 Å². The van der Waals surface area contributed by atoms with Gasteiger partial charge in [0.05, 0.1) is 13.2 Å². The summed E-state index contributed by atoms with van der Waals surface area (Å²) in [7, 11) is 0. The molecule has 0 heterocycles. The highest BCUT2D eigenvalue weighted by atomic mass is 19.1. The van der Waals surface area contributed by atoms with Crippen LogP contribution in [0.1, 0.15) is 114 Å². The summed E-state index contributed by atoms with van der Waals surface area (Å²) < 4.78 is 41.8. The fourth-order valence-corrected chi connectivity index (χ4v) is 6.07. The Morgan fingerprint density at radius 2 is 1.04 bits per heavy atom. The second-order valence-corrected chi connectivity index (χ2v) is 13.2. The lowest BCUT2D eigenvalue weighted by molar-refractivity contribution is 0.290. The fraction of sp³-hybridized carbons (Fsp3) is 0.391. The highest BCUT2D eigenvalue weighted by molar-refractivity contribution is 5.74. The van der Waals surface area contributed by atoms with Crippen LogP contribution in [0.15, 0.2) is 97.6 Å². The van der Waals surface area contributed by atoms with Crippen molar-refractivity contribution in [2.45, 2.75) is 103 Å². The van der Waals surface area contributed by atoms with Crippen molar-refractivity contribution in [1.29, 1.82) is 0 Å². The van der Waals surface area contributed by atoms with Crippen molar-refractivity contribution in [3.05, 3.63) is 120 Å². The van der Waals surface area contributed by atoms with E-state index < -0.39 is 5.82 Å². The van der Waals surface area contributed by atoms with Crippen molar-refractivity contribution in [3.63, 3.8) is 0 Å². The van der Waals surface area contributed by atoms with Gasteiger partial charge in [0.25, 0.3) is 0 Å². The Morgan fingerprint density at radius 3 is 1.64 bits per heavy atom. The minimum absolute atomic E-state index is 0.221. The van der Waals surface area contributed by atoms with Crippen LogP contribution in [0.2, 0.25) is 0 Å². The summed E-state index contributed by atoms with van der Waals surface area (Å²) in [6, 6.07) is 25.9. The number of hydrogen-bond donors (Lipinski definition) is 0. The molecule has 0 aromatic heterocycles. The first-order chi connectivity index (χ1) is 24.6. The summed E-state index contributed by atoms with van der Waals surface area (Å²) in [6.45, 7) is 7.23. The van der Waals surface area contributed by atoms with Gasteiger partial charge in [0, 0.05) is 5.56 Å². The number of allylic oxidation sites excluding steroid dienone is 1. The Labute approximate surface area is 300 Å². The van der Waals surface area contributed by atoms with E-state index in [1.54, 1.807) is 18.2 Å². The maximum atomic E-state index is 15.3. The monoisotopic (exact) mass is 678 g/mol. The Morgan fingerprint density at radius 1 is 0.520 bits per heavy atom. The van der Waals surface area contributed by atoms with Gasteiger partial charge in [-0.05, 0) is 90.3 Å². The minimum Gasteiger partial charge on any atom is -0.494 e. The summed E-state index contributed by atoms with van der Waals surface area (Å²) in [5, 5.41) is 0. The standard InChI is InChI=1S/C46H56F2O2/c1-3-5-7-9-10-11-12-13-14-16-18-34-50-46-32-28-41(36-45(46)48)43-31-27-40(35-44(43)47)39-25-21-37(22-26-39)19-20-38-23-29-42(30-24-38)49-33-17-15-8-6-4-2/h4,19-32,35-36H,2-3,5-18,33-34H2,1H3. The van der Waals surface area contributed by atoms with Crippen LogP contribution in [-0.4, -0.2) is 13.2 Å². The van der Waals surface area contributed by atoms with Gasteiger partial charge in [0.2, 0.25) is 0 Å². The molecule has 0 fully saturated rings. The molecule has 0 saturated heterocycles. The third kappa shape index (κ3) is 13.6. The van der Waals surface area contributed by atoms with Crippen molar-refractivity contribution < 1.29 is 18.3 Å². The molecule has 0 unspecified atom stereocenters. The van der Waals surface area contributed by atoms with Crippen molar-refractivity contribution in [2.75, 3.05) is 13.2 Å². The van der Waals surface area contributed by atoms with E-state index in [9.17, 15) is 4.39 Å². The molecule has 0 saturated carbocycles. The topological polar surface area (TPSA) is 18.5 Å². The average molecular weight is 679 g/mol. The molecule has 4 rings (SSSR count). The van der Waals surface area contributed by atoms with Gasteiger partial charge in [-0.25, -0.2) is 8.78 Å². The number of halogens is 2. The summed E-state index contributed by atoms with van der Waals surface area (Å²) in [5.74, 6) is 0.252. The Balaban J connectivity index is 1.20. The normalized spacial score (nSPS) is 11.3. The average Bonchev–Trinajstić information content (AvgIpc) is 3.14. The lowest BCUT2D eigenvalue weighted by Gasteiger charge is -2.11. The number of ether oxygens (including phenoxy) is 2. The molecule has 0 aliphatic heterocycles. The van der Waals surface area contributed by atoms with E-state index >= 15 is 4.39 Å². The molecule has 0 aliphatic rings. The summed E-state index contributed by atoms with van der Waals surface area (Å²) in [4.78, 5) is 0. The van der Waals surface area contributed by atoms with Crippen LogP contribution in [0.5, 0.6) is 11.5 Å². The van der Waals surface area contributed by atoms with E-state index in [0.29, 0.717) is 17.7 Å². The van der Waals surface area contributed by atoms with Crippen LogP contribution in [-0.2, 0) is 0 Å². The molecule has 4 aromatic carbocycles. The minimum atomic E-state index is -0.465. The first-order valence-electron chi connectivity index (χ1n) is 18.9. The van der Waals surface area contributed by atoms with E-state index in [-0.39, 0.29) is 11.6 Å². The number of hydrogen-bond acceptors (Lipinski definition) is 2. The lowest BCUT2D eigenvalue weighted by Crippen LogP contribution is -1.99. The smallest absolute Gasteiger partial charge is 0.165 e. The first kappa shape index (κ1) is 38.6. The van der Waals surface area contributed by atoms with Crippen LogP contribution in [0.4, 0.5) is 8.78 Å². The SMILES string of the molecule is C=CCCCCCOc1ccc(C=Cc2ccc(-c3ccc(-c4ccc(OCCCCCCCCCCCCC)c(F)c4)c(F)c3)cc2)cc1. The van der Waals surface area contributed by atoms with Crippen molar-refractivity contribution in [1.82, 2.24) is 0 Å². The molecule has 4 aromatic rings. The zero-order chi connectivity index (χ0) is 35.2. The van der Waals surface area contributed by atoms with E-state index in [2.05, 4.69) is 37.8 Å². The fourth-order valence-electron chi connectivity index (χ4n) is 6.07. The largest absolute Gasteiger partial charge is 0.494 e. The Bertz CT molecular complexity index is 1570. The van der Waals surface area contributed by atoms with Crippen LogP contribution >= 0.6 is 0 Å². The second kappa shape index (κ2) is 22.5. The molecule has 4 heteroatoms. The summed E-state index contributed by atoms with van der Waals surface area (Å²) >= 11 is 0. The molecule has 0 radical (unpaired) electrons. The zero-order valence-electron chi connectivity index (χ0n) is 30.1. The van der Waals surface area contributed by atoms with E-state index in [0.717, 1.165) is 73.1 Å². The van der Waals surface area contributed by atoms with Crippen molar-refractivity contribution >= 4 is 12.2 Å². The van der Waals surface area contributed by atoms with Gasteiger partial charge in [-0.15, -0.1) is 6.58 Å². The second-order valence-electron chi connectivity index (χ2n) is 13.2. The van der Waals surface area contributed by atoms with Gasteiger partial charge < -0.3 is 9.47 Å². The van der Waals surface area contributed by atoms with Gasteiger partial charge in [-0.3, -0.25) is 0 Å². The Kier molecular flexibility index (Phi) is 17.4. The quantitative estimate of drug-likeness (QED) is 0.0417. The van der Waals surface area contributed by atoms with Crippen LogP contribution in [0.3, 0.4) is 0 Å². The van der Waals surface area contributed by atoms with Crippen molar-refractivity contribution in [2.24, 2.45) is 0 Å². The van der Waals surface area contributed by atoms with Gasteiger partial charge in [-0.1, -0.05) is 144 Å². The van der Waals surface area contributed by atoms with E-state index in [1.807, 2.05) is 48.5 Å². The van der Waals surface area contributed by atoms with E-state index in [1.165, 1.54) is 69.9 Å². The van der Waals surface area contributed by atoms with Gasteiger partial charge in [0.15, 0.2) is 11.6 Å². The van der Waals surface area contributed by atoms with Gasteiger partial charge >= 0.3 is 0 Å². The first-order valence-corrected chi connectivity index (χ1v) is 18.9. The molecule has 0 spiro atoms. The molecular formula is C46H56F2O2.